The zero-order valence-corrected chi connectivity index (χ0v) is 15.7. The summed E-state index contributed by atoms with van der Waals surface area (Å²) in [7, 11) is 1.76. The van der Waals surface area contributed by atoms with Gasteiger partial charge in [-0.05, 0) is 46.0 Å². The second-order valence-corrected chi connectivity index (χ2v) is 7.98. The minimum absolute atomic E-state index is 0.0433. The number of methoxy groups -OCH3 is 1. The quantitative estimate of drug-likeness (QED) is 0.840. The summed E-state index contributed by atoms with van der Waals surface area (Å²) in [5, 5.41) is 4.71. The van der Waals surface area contributed by atoms with Gasteiger partial charge in [0.2, 0.25) is 0 Å². The van der Waals surface area contributed by atoms with Crippen molar-refractivity contribution < 1.29 is 14.3 Å². The normalized spacial score (nSPS) is 33.8. The first-order valence-corrected chi connectivity index (χ1v) is 9.55. The zero-order chi connectivity index (χ0) is 17.8. The monoisotopic (exact) mass is 347 g/mol. The lowest BCUT2D eigenvalue weighted by Gasteiger charge is -2.61. The molecule has 2 aliphatic heterocycles. The number of fused-ring (bicyclic) bond motifs is 1. The van der Waals surface area contributed by atoms with E-state index >= 15 is 0 Å². The fraction of sp³-hybridized carbons (Fsp3) is 0.789. The van der Waals surface area contributed by atoms with Crippen LogP contribution in [0.25, 0.3) is 0 Å². The summed E-state index contributed by atoms with van der Waals surface area (Å²) >= 11 is 0. The van der Waals surface area contributed by atoms with Crippen molar-refractivity contribution in [3.63, 3.8) is 0 Å². The highest BCUT2D eigenvalue weighted by atomic mass is 16.5. The number of rotatable bonds is 4. The standard InChI is InChI=1S/C19H29N3O3/c1-5-22-17(15-8-12(2)25-13(3)16(15)20-22)18(23)21-7-6-19(21)9-14(10-19)11-24-4/h12-14H,5-11H2,1-4H3/t12-,13+,14?,19?/m0/s1. The molecule has 6 nitrogen and oxygen atoms in total. The molecule has 0 unspecified atom stereocenters. The third-order valence-electron chi connectivity index (χ3n) is 6.25. The molecule has 138 valence electrons. The predicted molar refractivity (Wildman–Crippen MR) is 93.6 cm³/mol. The van der Waals surface area contributed by atoms with Crippen molar-refractivity contribution >= 4 is 5.91 Å². The molecule has 0 bridgehead atoms. The van der Waals surface area contributed by atoms with E-state index in [1.807, 2.05) is 18.5 Å². The SMILES string of the molecule is CCn1nc2c(c1C(=O)N1CCC13CC(COC)C3)C[C@H](C)O[C@@H]2C. The number of carbonyl (C=O) groups excluding carboxylic acids is 1. The number of aryl methyl sites for hydroxylation is 1. The third kappa shape index (κ3) is 2.53. The number of likely N-dealkylation sites (tertiary alicyclic amines) is 1. The smallest absolute Gasteiger partial charge is 0.272 e. The predicted octanol–water partition coefficient (Wildman–Crippen LogP) is 2.57. The molecule has 25 heavy (non-hydrogen) atoms. The summed E-state index contributed by atoms with van der Waals surface area (Å²) in [4.78, 5) is 15.5. The molecule has 6 heteroatoms. The Hall–Kier alpha value is -1.40. The molecule has 2 atom stereocenters. The molecule has 1 aromatic rings. The van der Waals surface area contributed by atoms with E-state index in [2.05, 4.69) is 11.8 Å². The second-order valence-electron chi connectivity index (χ2n) is 7.98. The summed E-state index contributed by atoms with van der Waals surface area (Å²) < 4.78 is 13.1. The largest absolute Gasteiger partial charge is 0.384 e. The Balaban J connectivity index is 1.61. The Labute approximate surface area is 149 Å². The van der Waals surface area contributed by atoms with Crippen LogP contribution in [0, 0.1) is 5.92 Å². The van der Waals surface area contributed by atoms with E-state index in [9.17, 15) is 4.79 Å². The molecule has 3 aliphatic rings. The first-order valence-electron chi connectivity index (χ1n) is 9.55. The summed E-state index contributed by atoms with van der Waals surface area (Å²) in [5.74, 6) is 0.762. The molecule has 4 rings (SSSR count). The first-order chi connectivity index (χ1) is 12.0. The van der Waals surface area contributed by atoms with E-state index in [-0.39, 0.29) is 23.7 Å². The molecule has 1 saturated heterocycles. The molecule has 0 N–H and O–H groups in total. The van der Waals surface area contributed by atoms with Gasteiger partial charge in [-0.3, -0.25) is 9.48 Å². The Kier molecular flexibility index (Phi) is 4.15. The summed E-state index contributed by atoms with van der Waals surface area (Å²) in [6, 6.07) is 0. The maximum atomic E-state index is 13.4. The van der Waals surface area contributed by atoms with Crippen LogP contribution in [0.1, 0.15) is 67.9 Å². The van der Waals surface area contributed by atoms with E-state index in [4.69, 9.17) is 14.6 Å². The van der Waals surface area contributed by atoms with Gasteiger partial charge in [0.15, 0.2) is 0 Å². The highest BCUT2D eigenvalue weighted by Crippen LogP contribution is 2.51. The van der Waals surface area contributed by atoms with Crippen LogP contribution in [0.3, 0.4) is 0 Å². The van der Waals surface area contributed by atoms with Gasteiger partial charge in [-0.15, -0.1) is 0 Å². The number of aromatic nitrogens is 2. The van der Waals surface area contributed by atoms with Crippen LogP contribution in [0.5, 0.6) is 0 Å². The van der Waals surface area contributed by atoms with E-state index in [1.54, 1.807) is 7.11 Å². The van der Waals surface area contributed by atoms with E-state index in [1.165, 1.54) is 0 Å². The summed E-state index contributed by atoms with van der Waals surface area (Å²) in [6.07, 6.45) is 4.13. The molecule has 3 heterocycles. The number of carbonyl (C=O) groups is 1. The van der Waals surface area contributed by atoms with Gasteiger partial charge in [0, 0.05) is 44.3 Å². The van der Waals surface area contributed by atoms with Crippen molar-refractivity contribution in [2.45, 2.75) is 70.7 Å². The van der Waals surface area contributed by atoms with Gasteiger partial charge in [-0.1, -0.05) is 0 Å². The van der Waals surface area contributed by atoms with Crippen molar-refractivity contribution in [3.8, 4) is 0 Å². The van der Waals surface area contributed by atoms with Crippen LogP contribution in [-0.4, -0.2) is 52.5 Å². The molecule has 1 aromatic heterocycles. The number of ether oxygens (including phenoxy) is 2. The molecule has 1 aliphatic carbocycles. The Bertz CT molecular complexity index is 678. The van der Waals surface area contributed by atoms with Crippen LogP contribution >= 0.6 is 0 Å². The van der Waals surface area contributed by atoms with E-state index < -0.39 is 0 Å². The van der Waals surface area contributed by atoms with Gasteiger partial charge < -0.3 is 14.4 Å². The first kappa shape index (κ1) is 17.0. The summed E-state index contributed by atoms with van der Waals surface area (Å²) in [5.41, 5.74) is 2.93. The number of hydrogen-bond acceptors (Lipinski definition) is 4. The molecule has 1 saturated carbocycles. The molecular weight excluding hydrogens is 318 g/mol. The van der Waals surface area contributed by atoms with Crippen molar-refractivity contribution in [2.75, 3.05) is 20.3 Å². The van der Waals surface area contributed by atoms with Crippen LogP contribution in [0.15, 0.2) is 0 Å². The average Bonchev–Trinajstić information content (AvgIpc) is 2.87. The average molecular weight is 347 g/mol. The van der Waals surface area contributed by atoms with E-state index in [0.717, 1.165) is 55.8 Å². The van der Waals surface area contributed by atoms with Crippen molar-refractivity contribution in [2.24, 2.45) is 5.92 Å². The van der Waals surface area contributed by atoms with Crippen LogP contribution in [0.2, 0.25) is 0 Å². The topological polar surface area (TPSA) is 56.6 Å². The maximum absolute atomic E-state index is 13.4. The van der Waals surface area contributed by atoms with Gasteiger partial charge in [0.25, 0.3) is 5.91 Å². The van der Waals surface area contributed by atoms with Gasteiger partial charge in [0.05, 0.1) is 17.9 Å². The van der Waals surface area contributed by atoms with Crippen molar-refractivity contribution in [1.82, 2.24) is 14.7 Å². The van der Waals surface area contributed by atoms with Crippen LogP contribution in [-0.2, 0) is 22.4 Å². The summed E-state index contributed by atoms with van der Waals surface area (Å²) in [6.45, 7) is 8.53. The lowest BCUT2D eigenvalue weighted by molar-refractivity contribution is -0.0947. The molecule has 1 spiro atoms. The van der Waals surface area contributed by atoms with Gasteiger partial charge in [-0.25, -0.2) is 0 Å². The maximum Gasteiger partial charge on any atom is 0.272 e. The molecular formula is C19H29N3O3. The fourth-order valence-corrected chi connectivity index (χ4v) is 5.04. The number of amides is 1. The van der Waals surface area contributed by atoms with Crippen LogP contribution < -0.4 is 0 Å². The highest BCUT2D eigenvalue weighted by Gasteiger charge is 2.56. The molecule has 1 amide bonds. The Morgan fingerprint density at radius 3 is 2.76 bits per heavy atom. The third-order valence-corrected chi connectivity index (χ3v) is 6.25. The minimum atomic E-state index is -0.0433. The van der Waals surface area contributed by atoms with Crippen LogP contribution in [0.4, 0.5) is 0 Å². The van der Waals surface area contributed by atoms with E-state index in [0.29, 0.717) is 12.5 Å². The Morgan fingerprint density at radius 1 is 1.40 bits per heavy atom. The molecule has 0 radical (unpaired) electrons. The minimum Gasteiger partial charge on any atom is -0.384 e. The fourth-order valence-electron chi connectivity index (χ4n) is 5.04. The van der Waals surface area contributed by atoms with Gasteiger partial charge in [-0.2, -0.15) is 5.10 Å². The lowest BCUT2D eigenvalue weighted by atomic mass is 9.61. The van der Waals surface area contributed by atoms with Crippen molar-refractivity contribution in [1.29, 1.82) is 0 Å². The highest BCUT2D eigenvalue weighted by molar-refractivity contribution is 5.95. The Morgan fingerprint density at radius 2 is 2.16 bits per heavy atom. The number of hydrogen-bond donors (Lipinski definition) is 0. The molecule has 0 aromatic carbocycles. The van der Waals surface area contributed by atoms with Gasteiger partial charge >= 0.3 is 0 Å². The zero-order valence-electron chi connectivity index (χ0n) is 15.7. The molecule has 2 fully saturated rings. The second kappa shape index (κ2) is 6.09. The van der Waals surface area contributed by atoms with Crippen molar-refractivity contribution in [3.05, 3.63) is 17.0 Å². The lowest BCUT2D eigenvalue weighted by Crippen LogP contribution is -2.68. The van der Waals surface area contributed by atoms with Gasteiger partial charge in [0.1, 0.15) is 5.69 Å². The number of nitrogens with zero attached hydrogens (tertiary/aromatic N) is 3.